The zero-order valence-corrected chi connectivity index (χ0v) is 42.3. The van der Waals surface area contributed by atoms with Gasteiger partial charge in [0.15, 0.2) is 6.10 Å². The second kappa shape index (κ2) is 48.7. The van der Waals surface area contributed by atoms with Gasteiger partial charge in [0.2, 0.25) is 0 Å². The summed E-state index contributed by atoms with van der Waals surface area (Å²) in [5, 5.41) is 2.36. The first-order valence-electron chi connectivity index (χ1n) is 24.4. The summed E-state index contributed by atoms with van der Waals surface area (Å²) in [7, 11) is -4.84. The number of nitrogens with one attached hydrogen (secondary N) is 1. The largest absolute Gasteiger partial charge is 1.00 e. The van der Waals surface area contributed by atoms with E-state index < -0.39 is 45.2 Å². The van der Waals surface area contributed by atoms with Crippen molar-refractivity contribution in [3.05, 3.63) is 0 Å². The van der Waals surface area contributed by atoms with Crippen molar-refractivity contribution in [2.24, 2.45) is 5.73 Å². The van der Waals surface area contributed by atoms with Gasteiger partial charge < -0.3 is 43.9 Å². The van der Waals surface area contributed by atoms with Gasteiger partial charge >= 0.3 is 47.6 Å². The Bertz CT molecular complexity index is 1030. The summed E-state index contributed by atoms with van der Waals surface area (Å²) in [6.45, 7) is 3.93. The maximum absolute atomic E-state index is 12.7. The van der Waals surface area contributed by atoms with E-state index in [-0.39, 0.29) is 68.8 Å². The fraction of sp³-hybridized carbons (Fsp3) is 0.935. The standard InChI is InChI=1S/C46H91N2O11P.Na/c1-3-5-7-9-11-13-15-17-19-21-23-25-27-29-31-33-44(49)56-41-43(42-58-60(52,53)57-38-36-48-46(51)55-40-39-54-37-35-47)59-45(50)34-32-30-28-26-24-22-20-18-16-14-12-10-8-6-4-2;/h43H,3-42,47H2,1-2H3,(H,48,51)(H,52,53);/q;+1/p-1. The van der Waals surface area contributed by atoms with E-state index in [2.05, 4.69) is 19.2 Å². The Balaban J connectivity index is 0. The molecule has 0 aliphatic carbocycles. The Labute approximate surface area is 394 Å². The average Bonchev–Trinajstić information content (AvgIpc) is 3.23. The second-order valence-corrected chi connectivity index (χ2v) is 17.6. The number of phosphoric ester groups is 1. The van der Waals surface area contributed by atoms with Crippen molar-refractivity contribution >= 4 is 25.9 Å². The molecule has 0 rings (SSSR count). The zero-order valence-electron chi connectivity index (χ0n) is 39.4. The molecule has 0 spiro atoms. The smallest absolute Gasteiger partial charge is 0.756 e. The van der Waals surface area contributed by atoms with E-state index in [9.17, 15) is 23.8 Å². The molecule has 0 aliphatic rings. The normalized spacial score (nSPS) is 12.7. The van der Waals surface area contributed by atoms with Crippen LogP contribution in [-0.2, 0) is 42.1 Å². The Kier molecular flexibility index (Phi) is 49.7. The molecule has 15 heteroatoms. The summed E-state index contributed by atoms with van der Waals surface area (Å²) >= 11 is 0. The van der Waals surface area contributed by atoms with Gasteiger partial charge in [-0.1, -0.05) is 194 Å². The van der Waals surface area contributed by atoms with Gasteiger partial charge in [0.05, 0.1) is 26.4 Å². The van der Waals surface area contributed by atoms with Gasteiger partial charge in [0.1, 0.15) is 13.2 Å². The number of phosphoric acid groups is 1. The Morgan fingerprint density at radius 1 is 0.525 bits per heavy atom. The number of esters is 2. The number of unbranched alkanes of at least 4 members (excludes halogenated alkanes) is 28. The summed E-state index contributed by atoms with van der Waals surface area (Å²) in [6, 6.07) is 0. The van der Waals surface area contributed by atoms with E-state index in [0.29, 0.717) is 26.0 Å². The van der Waals surface area contributed by atoms with Crippen molar-refractivity contribution in [1.29, 1.82) is 0 Å². The van der Waals surface area contributed by atoms with E-state index in [4.69, 9.17) is 33.7 Å². The molecular formula is C46H90N2NaO11P. The van der Waals surface area contributed by atoms with Crippen LogP contribution >= 0.6 is 7.82 Å². The van der Waals surface area contributed by atoms with Crippen molar-refractivity contribution < 1.29 is 81.4 Å². The molecule has 0 aromatic carbocycles. The zero-order chi connectivity index (χ0) is 44.0. The maximum atomic E-state index is 12.7. The van der Waals surface area contributed by atoms with E-state index in [0.717, 1.165) is 38.5 Å². The summed E-state index contributed by atoms with van der Waals surface area (Å²) in [5.74, 6) is -0.937. The first-order valence-corrected chi connectivity index (χ1v) is 25.8. The van der Waals surface area contributed by atoms with Crippen LogP contribution in [0, 0.1) is 0 Å². The van der Waals surface area contributed by atoms with E-state index >= 15 is 0 Å². The molecule has 0 fully saturated rings. The van der Waals surface area contributed by atoms with Crippen molar-refractivity contribution in [2.75, 3.05) is 52.7 Å². The molecule has 0 aliphatic heterocycles. The van der Waals surface area contributed by atoms with Crippen molar-refractivity contribution in [3.63, 3.8) is 0 Å². The van der Waals surface area contributed by atoms with Crippen molar-refractivity contribution in [3.8, 4) is 0 Å². The monoisotopic (exact) mass is 901 g/mol. The van der Waals surface area contributed by atoms with Crippen LogP contribution in [0.2, 0.25) is 0 Å². The number of rotatable bonds is 47. The number of hydrogen-bond donors (Lipinski definition) is 2. The van der Waals surface area contributed by atoms with Crippen molar-refractivity contribution in [1.82, 2.24) is 5.32 Å². The molecule has 356 valence electrons. The fourth-order valence-electron chi connectivity index (χ4n) is 6.85. The van der Waals surface area contributed by atoms with Gasteiger partial charge in [-0.05, 0) is 12.8 Å². The quantitative estimate of drug-likeness (QED) is 0.0197. The number of alkyl carbamates (subject to hydrolysis) is 1. The van der Waals surface area contributed by atoms with Gasteiger partial charge in [0, 0.05) is 25.9 Å². The van der Waals surface area contributed by atoms with Gasteiger partial charge in [-0.2, -0.15) is 0 Å². The maximum Gasteiger partial charge on any atom is 1.00 e. The fourth-order valence-corrected chi connectivity index (χ4v) is 7.59. The molecule has 0 aromatic heterocycles. The molecule has 0 saturated heterocycles. The van der Waals surface area contributed by atoms with Crippen LogP contribution in [0.1, 0.15) is 219 Å². The molecule has 13 nitrogen and oxygen atoms in total. The van der Waals surface area contributed by atoms with Crippen LogP contribution in [-0.4, -0.2) is 76.9 Å². The molecular weight excluding hydrogens is 810 g/mol. The van der Waals surface area contributed by atoms with Crippen LogP contribution in [0.4, 0.5) is 4.79 Å². The minimum Gasteiger partial charge on any atom is -0.756 e. The molecule has 61 heavy (non-hydrogen) atoms. The molecule has 0 saturated carbocycles. The molecule has 0 radical (unpaired) electrons. The van der Waals surface area contributed by atoms with E-state index in [1.165, 1.54) is 141 Å². The molecule has 2 unspecified atom stereocenters. The number of ether oxygens (including phenoxy) is 4. The number of carbonyl (C=O) groups is 3. The van der Waals surface area contributed by atoms with Crippen LogP contribution in [0.15, 0.2) is 0 Å². The molecule has 3 N–H and O–H groups in total. The van der Waals surface area contributed by atoms with Crippen LogP contribution < -0.4 is 45.5 Å². The Morgan fingerprint density at radius 2 is 0.934 bits per heavy atom. The van der Waals surface area contributed by atoms with Gasteiger partial charge in [-0.3, -0.25) is 14.2 Å². The minimum absolute atomic E-state index is 0. The first-order chi connectivity index (χ1) is 29.2. The molecule has 0 heterocycles. The van der Waals surface area contributed by atoms with Gasteiger partial charge in [-0.25, -0.2) is 4.79 Å². The summed E-state index contributed by atoms with van der Waals surface area (Å²) in [5.41, 5.74) is 5.33. The first kappa shape index (κ1) is 62.3. The predicted octanol–water partition coefficient (Wildman–Crippen LogP) is 8.17. The molecule has 1 amide bonds. The Hall–Kier alpha value is -0.760. The topological polar surface area (TPSA) is 185 Å². The summed E-state index contributed by atoms with van der Waals surface area (Å²) in [6.07, 6.45) is 35.2. The SMILES string of the molecule is CCCCCCCCCCCCCCCCCC(=O)OCC(COP(=O)([O-])OCCNC(=O)OCCOCCN)OC(=O)CCCCCCCCCCCCCCCCC.[Na+]. The third-order valence-corrected chi connectivity index (χ3v) is 11.4. The molecule has 0 bridgehead atoms. The second-order valence-electron chi connectivity index (χ2n) is 16.2. The van der Waals surface area contributed by atoms with Gasteiger partial charge in [-0.15, -0.1) is 0 Å². The average molecular weight is 901 g/mol. The third kappa shape index (κ3) is 48.5. The molecule has 0 aromatic rings. The molecule has 2 atom stereocenters. The Morgan fingerprint density at radius 3 is 1.36 bits per heavy atom. The number of nitrogens with two attached hydrogens (primary N) is 1. The predicted molar refractivity (Wildman–Crippen MR) is 239 cm³/mol. The number of carbonyl (C=O) groups excluding carboxylic acids is 3. The van der Waals surface area contributed by atoms with Crippen molar-refractivity contribution in [2.45, 2.75) is 225 Å². The number of hydrogen-bond acceptors (Lipinski definition) is 12. The summed E-state index contributed by atoms with van der Waals surface area (Å²) < 4.78 is 43.2. The van der Waals surface area contributed by atoms with Gasteiger partial charge in [0.25, 0.3) is 7.82 Å². The van der Waals surface area contributed by atoms with Crippen LogP contribution in [0.5, 0.6) is 0 Å². The van der Waals surface area contributed by atoms with Crippen LogP contribution in [0.25, 0.3) is 0 Å². The number of amides is 1. The van der Waals surface area contributed by atoms with E-state index in [1.807, 2.05) is 0 Å². The van der Waals surface area contributed by atoms with Crippen LogP contribution in [0.3, 0.4) is 0 Å². The van der Waals surface area contributed by atoms with E-state index in [1.54, 1.807) is 0 Å². The summed E-state index contributed by atoms with van der Waals surface area (Å²) in [4.78, 5) is 49.4. The minimum atomic E-state index is -4.84. The third-order valence-electron chi connectivity index (χ3n) is 10.5.